The average Bonchev–Trinajstić information content (AvgIpc) is 2.52. The van der Waals surface area contributed by atoms with Gasteiger partial charge in [0.2, 0.25) is 0 Å². The summed E-state index contributed by atoms with van der Waals surface area (Å²) in [4.78, 5) is 20.6. The lowest BCUT2D eigenvalue weighted by Gasteiger charge is -2.07. The molecule has 2 aromatic heterocycles. The molecule has 2 N–H and O–H groups in total. The lowest BCUT2D eigenvalue weighted by atomic mass is 10.2. The first kappa shape index (κ1) is 15.0. The molecule has 0 aliphatic carbocycles. The number of hydrogen-bond acceptors (Lipinski definition) is 4. The molecule has 110 valence electrons. The van der Waals surface area contributed by atoms with Crippen molar-refractivity contribution >= 4 is 11.7 Å². The molecule has 0 saturated heterocycles. The quantitative estimate of drug-likeness (QED) is 0.855. The molecule has 0 aliphatic heterocycles. The van der Waals surface area contributed by atoms with Crippen LogP contribution in [0, 0.1) is 6.92 Å². The first-order valence-electron chi connectivity index (χ1n) is 7.09. The van der Waals surface area contributed by atoms with Gasteiger partial charge in [-0.2, -0.15) is 0 Å². The molecule has 2 heterocycles. The fourth-order valence-electron chi connectivity index (χ4n) is 1.79. The van der Waals surface area contributed by atoms with E-state index in [9.17, 15) is 4.79 Å². The summed E-state index contributed by atoms with van der Waals surface area (Å²) in [7, 11) is 0. The van der Waals surface area contributed by atoms with Crippen LogP contribution in [0.2, 0.25) is 0 Å². The standard InChI is InChI=1S/C16H20N4O/c1-3-9-17-15-6-4-5-14(20-15)16(21)19-11-13-8-7-12(2)18-10-13/h4-8,10H,3,9,11H2,1-2H3,(H,17,20)(H,19,21). The molecular weight excluding hydrogens is 264 g/mol. The van der Waals surface area contributed by atoms with E-state index >= 15 is 0 Å². The SMILES string of the molecule is CCCNc1cccc(C(=O)NCc2ccc(C)nc2)n1. The number of anilines is 1. The first-order valence-corrected chi connectivity index (χ1v) is 7.09. The Morgan fingerprint density at radius 1 is 1.24 bits per heavy atom. The number of carbonyl (C=O) groups is 1. The molecule has 5 heteroatoms. The van der Waals surface area contributed by atoms with E-state index in [1.54, 1.807) is 12.3 Å². The molecule has 0 aromatic carbocycles. The highest BCUT2D eigenvalue weighted by molar-refractivity contribution is 5.92. The third-order valence-electron chi connectivity index (χ3n) is 2.96. The highest BCUT2D eigenvalue weighted by Crippen LogP contribution is 2.05. The van der Waals surface area contributed by atoms with Crippen molar-refractivity contribution in [3.63, 3.8) is 0 Å². The lowest BCUT2D eigenvalue weighted by molar-refractivity contribution is 0.0946. The van der Waals surface area contributed by atoms with Crippen molar-refractivity contribution in [3.8, 4) is 0 Å². The molecule has 0 saturated carbocycles. The van der Waals surface area contributed by atoms with Crippen molar-refractivity contribution in [2.24, 2.45) is 0 Å². The van der Waals surface area contributed by atoms with Crippen molar-refractivity contribution in [1.82, 2.24) is 15.3 Å². The molecule has 0 bridgehead atoms. The highest BCUT2D eigenvalue weighted by Gasteiger charge is 2.07. The third-order valence-corrected chi connectivity index (χ3v) is 2.96. The zero-order valence-electron chi connectivity index (χ0n) is 12.4. The van der Waals surface area contributed by atoms with E-state index in [-0.39, 0.29) is 5.91 Å². The third kappa shape index (κ3) is 4.56. The zero-order valence-corrected chi connectivity index (χ0v) is 12.4. The van der Waals surface area contributed by atoms with Gasteiger partial charge in [-0.1, -0.05) is 19.1 Å². The van der Waals surface area contributed by atoms with Crippen LogP contribution in [-0.4, -0.2) is 22.4 Å². The number of rotatable bonds is 6. The minimum Gasteiger partial charge on any atom is -0.370 e. The fraction of sp³-hybridized carbons (Fsp3) is 0.312. The van der Waals surface area contributed by atoms with Gasteiger partial charge >= 0.3 is 0 Å². The second-order valence-electron chi connectivity index (χ2n) is 4.83. The van der Waals surface area contributed by atoms with Gasteiger partial charge < -0.3 is 10.6 Å². The molecule has 0 spiro atoms. The summed E-state index contributed by atoms with van der Waals surface area (Å²) in [6.07, 6.45) is 2.78. The molecule has 5 nitrogen and oxygen atoms in total. The Hall–Kier alpha value is -2.43. The monoisotopic (exact) mass is 284 g/mol. The maximum Gasteiger partial charge on any atom is 0.270 e. The minimum absolute atomic E-state index is 0.185. The van der Waals surface area contributed by atoms with Gasteiger partial charge in [-0.15, -0.1) is 0 Å². The number of aromatic nitrogens is 2. The lowest BCUT2D eigenvalue weighted by Crippen LogP contribution is -2.24. The normalized spacial score (nSPS) is 10.2. The first-order chi connectivity index (χ1) is 10.2. The fourth-order valence-corrected chi connectivity index (χ4v) is 1.79. The highest BCUT2D eigenvalue weighted by atomic mass is 16.1. The van der Waals surface area contributed by atoms with Gasteiger partial charge in [-0.25, -0.2) is 4.98 Å². The van der Waals surface area contributed by atoms with Gasteiger partial charge in [0.25, 0.3) is 5.91 Å². The molecule has 0 unspecified atom stereocenters. The van der Waals surface area contributed by atoms with E-state index in [0.717, 1.165) is 30.0 Å². The molecular formula is C16H20N4O. The van der Waals surface area contributed by atoms with Gasteiger partial charge in [0.05, 0.1) is 0 Å². The number of carbonyl (C=O) groups excluding carboxylic acids is 1. The molecule has 2 rings (SSSR count). The summed E-state index contributed by atoms with van der Waals surface area (Å²) in [6, 6.07) is 9.27. The summed E-state index contributed by atoms with van der Waals surface area (Å²) in [5, 5.41) is 6.02. The summed E-state index contributed by atoms with van der Waals surface area (Å²) in [5.41, 5.74) is 2.34. The Kier molecular flexibility index (Phi) is 5.26. The number of nitrogens with one attached hydrogen (secondary N) is 2. The summed E-state index contributed by atoms with van der Waals surface area (Å²) in [6.45, 7) is 5.30. The number of aryl methyl sites for hydroxylation is 1. The van der Waals surface area contributed by atoms with E-state index in [4.69, 9.17) is 0 Å². The minimum atomic E-state index is -0.185. The van der Waals surface area contributed by atoms with E-state index < -0.39 is 0 Å². The Morgan fingerprint density at radius 3 is 2.81 bits per heavy atom. The second-order valence-corrected chi connectivity index (χ2v) is 4.83. The van der Waals surface area contributed by atoms with Gasteiger partial charge in [0, 0.05) is 25.0 Å². The molecule has 0 atom stereocenters. The second kappa shape index (κ2) is 7.38. The van der Waals surface area contributed by atoms with Gasteiger partial charge in [0.15, 0.2) is 0 Å². The molecule has 21 heavy (non-hydrogen) atoms. The Morgan fingerprint density at radius 2 is 2.10 bits per heavy atom. The van der Waals surface area contributed by atoms with Gasteiger partial charge in [-0.05, 0) is 37.1 Å². The van der Waals surface area contributed by atoms with Crippen LogP contribution >= 0.6 is 0 Å². The van der Waals surface area contributed by atoms with Crippen LogP contribution < -0.4 is 10.6 Å². The summed E-state index contributed by atoms with van der Waals surface area (Å²) < 4.78 is 0. The number of hydrogen-bond donors (Lipinski definition) is 2. The van der Waals surface area contributed by atoms with Crippen LogP contribution in [0.25, 0.3) is 0 Å². The zero-order chi connectivity index (χ0) is 15.1. The van der Waals surface area contributed by atoms with Crippen molar-refractivity contribution < 1.29 is 4.79 Å². The molecule has 2 aromatic rings. The van der Waals surface area contributed by atoms with Crippen LogP contribution in [0.1, 0.15) is 35.1 Å². The topological polar surface area (TPSA) is 66.9 Å². The molecule has 1 amide bonds. The van der Waals surface area contributed by atoms with E-state index in [1.165, 1.54) is 0 Å². The predicted octanol–water partition coefficient (Wildman–Crippen LogP) is 2.54. The predicted molar refractivity (Wildman–Crippen MR) is 83.2 cm³/mol. The van der Waals surface area contributed by atoms with Crippen molar-refractivity contribution in [1.29, 1.82) is 0 Å². The smallest absolute Gasteiger partial charge is 0.270 e. The summed E-state index contributed by atoms with van der Waals surface area (Å²) >= 11 is 0. The Balaban J connectivity index is 1.95. The maximum absolute atomic E-state index is 12.1. The van der Waals surface area contributed by atoms with E-state index in [2.05, 4.69) is 27.5 Å². The van der Waals surface area contributed by atoms with E-state index in [1.807, 2.05) is 31.2 Å². The largest absolute Gasteiger partial charge is 0.370 e. The van der Waals surface area contributed by atoms with Crippen LogP contribution in [0.5, 0.6) is 0 Å². The van der Waals surface area contributed by atoms with Crippen molar-refractivity contribution in [3.05, 3.63) is 53.5 Å². The van der Waals surface area contributed by atoms with Crippen LogP contribution in [0.4, 0.5) is 5.82 Å². The number of amides is 1. The van der Waals surface area contributed by atoms with Crippen molar-refractivity contribution in [2.45, 2.75) is 26.8 Å². The van der Waals surface area contributed by atoms with E-state index in [0.29, 0.717) is 12.2 Å². The van der Waals surface area contributed by atoms with Gasteiger partial charge in [-0.3, -0.25) is 9.78 Å². The maximum atomic E-state index is 12.1. The van der Waals surface area contributed by atoms with Crippen LogP contribution in [0.15, 0.2) is 36.5 Å². The van der Waals surface area contributed by atoms with Crippen molar-refractivity contribution in [2.75, 3.05) is 11.9 Å². The summed E-state index contributed by atoms with van der Waals surface area (Å²) in [5.74, 6) is 0.539. The Labute approximate surface area is 124 Å². The molecule has 0 fully saturated rings. The number of pyridine rings is 2. The molecule has 0 aliphatic rings. The number of nitrogens with zero attached hydrogens (tertiary/aromatic N) is 2. The van der Waals surface area contributed by atoms with Crippen LogP contribution in [-0.2, 0) is 6.54 Å². The van der Waals surface area contributed by atoms with Crippen LogP contribution in [0.3, 0.4) is 0 Å². The Bertz CT molecular complexity index is 595. The molecule has 0 radical (unpaired) electrons. The average molecular weight is 284 g/mol. The van der Waals surface area contributed by atoms with Gasteiger partial charge in [0.1, 0.15) is 11.5 Å².